The molecule has 0 aliphatic carbocycles. The summed E-state index contributed by atoms with van der Waals surface area (Å²) in [4.78, 5) is 10.5. The Kier molecular flexibility index (Phi) is 4.56. The van der Waals surface area contributed by atoms with Crippen LogP contribution in [0, 0.1) is 7.11 Å². The second kappa shape index (κ2) is 4.78. The van der Waals surface area contributed by atoms with Crippen LogP contribution in [0.5, 0.6) is 0 Å². The predicted molar refractivity (Wildman–Crippen MR) is 31.2 cm³/mol. The average molecular weight is 115 g/mol. The number of carbonyl (C=O) groups is 1. The molecule has 0 rings (SSSR count). The maximum atomic E-state index is 10.5. The summed E-state index contributed by atoms with van der Waals surface area (Å²) in [6.45, 7) is 2.29. The highest BCUT2D eigenvalue weighted by atomic mass is 16.5. The van der Waals surface area contributed by atoms with E-state index in [1.165, 1.54) is 0 Å². The van der Waals surface area contributed by atoms with Crippen molar-refractivity contribution in [2.75, 3.05) is 6.61 Å². The van der Waals surface area contributed by atoms with Crippen LogP contribution in [0.4, 0.5) is 0 Å². The van der Waals surface area contributed by atoms with Crippen LogP contribution in [-0.4, -0.2) is 12.4 Å². The van der Waals surface area contributed by atoms with E-state index in [-0.39, 0.29) is 5.78 Å². The van der Waals surface area contributed by atoms with Gasteiger partial charge in [0.25, 0.3) is 0 Å². The molecule has 2 nitrogen and oxygen atoms in total. The fourth-order valence-corrected chi connectivity index (χ4v) is 0.363. The quantitative estimate of drug-likeness (QED) is 0.549. The molecule has 2 heteroatoms. The van der Waals surface area contributed by atoms with Crippen LogP contribution in [-0.2, 0) is 9.53 Å². The van der Waals surface area contributed by atoms with Gasteiger partial charge in [-0.1, -0.05) is 6.92 Å². The van der Waals surface area contributed by atoms with E-state index in [4.69, 9.17) is 0 Å². The second-order valence-electron chi connectivity index (χ2n) is 1.55. The van der Waals surface area contributed by atoms with E-state index in [0.717, 1.165) is 0 Å². The first kappa shape index (κ1) is 7.63. The van der Waals surface area contributed by atoms with Crippen LogP contribution in [0.1, 0.15) is 19.8 Å². The van der Waals surface area contributed by atoms with Gasteiger partial charge < -0.3 is 4.74 Å². The summed E-state index contributed by atoms with van der Waals surface area (Å²) in [5.41, 5.74) is 0. The van der Waals surface area contributed by atoms with Crippen LogP contribution in [0.15, 0.2) is 0 Å². The lowest BCUT2D eigenvalue weighted by molar-refractivity contribution is -0.119. The Morgan fingerprint density at radius 3 is 2.75 bits per heavy atom. The molecule has 0 aromatic rings. The number of hydrogen-bond donors (Lipinski definition) is 0. The molecule has 1 radical (unpaired) electrons. The lowest BCUT2D eigenvalue weighted by Gasteiger charge is -1.92. The van der Waals surface area contributed by atoms with Crippen LogP contribution >= 0.6 is 0 Å². The molecule has 0 amide bonds. The maximum Gasteiger partial charge on any atom is 0.134 e. The molecule has 0 aromatic heterocycles. The molecule has 0 spiro atoms. The topological polar surface area (TPSA) is 26.3 Å². The standard InChI is InChI=1S/C6H11O2/c1-3-6(7)4-5-8-2/h2-5H2,1H3. The fraction of sp³-hybridized carbons (Fsp3) is 0.667. The van der Waals surface area contributed by atoms with Gasteiger partial charge in [0.15, 0.2) is 0 Å². The predicted octanol–water partition coefficient (Wildman–Crippen LogP) is 1.16. The van der Waals surface area contributed by atoms with Gasteiger partial charge in [-0.25, -0.2) is 0 Å². The second-order valence-corrected chi connectivity index (χ2v) is 1.55. The van der Waals surface area contributed by atoms with E-state index in [2.05, 4.69) is 11.8 Å². The third-order valence-corrected chi connectivity index (χ3v) is 0.920. The Morgan fingerprint density at radius 2 is 2.38 bits per heavy atom. The van der Waals surface area contributed by atoms with Crippen LogP contribution in [0.25, 0.3) is 0 Å². The van der Waals surface area contributed by atoms with E-state index in [1.807, 2.05) is 6.92 Å². The molecule has 0 aliphatic rings. The Balaban J connectivity index is 2.99. The van der Waals surface area contributed by atoms with Gasteiger partial charge in [0.05, 0.1) is 13.7 Å². The Bertz CT molecular complexity index is 68.9. The summed E-state index contributed by atoms with van der Waals surface area (Å²) in [6.07, 6.45) is 1.10. The zero-order valence-corrected chi connectivity index (χ0v) is 5.14. The summed E-state index contributed by atoms with van der Waals surface area (Å²) in [5, 5.41) is 0. The Morgan fingerprint density at radius 1 is 1.75 bits per heavy atom. The van der Waals surface area contributed by atoms with E-state index < -0.39 is 0 Å². The third-order valence-electron chi connectivity index (χ3n) is 0.920. The van der Waals surface area contributed by atoms with Gasteiger partial charge in [-0.2, -0.15) is 0 Å². The van der Waals surface area contributed by atoms with Crippen LogP contribution in [0.2, 0.25) is 0 Å². The van der Waals surface area contributed by atoms with Crippen molar-refractivity contribution in [3.05, 3.63) is 7.11 Å². The normalized spacial score (nSPS) is 9.25. The van der Waals surface area contributed by atoms with Gasteiger partial charge in [-0.3, -0.25) is 4.79 Å². The minimum absolute atomic E-state index is 0.230. The number of ketones is 1. The molecule has 0 saturated carbocycles. The molecule has 0 heterocycles. The molecular formula is C6H11O2. The van der Waals surface area contributed by atoms with Crippen molar-refractivity contribution < 1.29 is 9.53 Å². The third kappa shape index (κ3) is 3.81. The van der Waals surface area contributed by atoms with Crippen LogP contribution < -0.4 is 0 Å². The molecule has 0 fully saturated rings. The van der Waals surface area contributed by atoms with Crippen molar-refractivity contribution in [3.8, 4) is 0 Å². The first-order valence-corrected chi connectivity index (χ1v) is 2.70. The average Bonchev–Trinajstić information content (AvgIpc) is 1.83. The highest BCUT2D eigenvalue weighted by Crippen LogP contribution is 1.87. The summed E-state index contributed by atoms with van der Waals surface area (Å²) in [5.74, 6) is 0.230. The molecule has 0 aliphatic heterocycles. The summed E-state index contributed by atoms with van der Waals surface area (Å²) >= 11 is 0. The highest BCUT2D eigenvalue weighted by molar-refractivity contribution is 5.78. The molecule has 0 atom stereocenters. The first-order chi connectivity index (χ1) is 3.81. The van der Waals surface area contributed by atoms with E-state index in [1.54, 1.807) is 0 Å². The van der Waals surface area contributed by atoms with Crippen molar-refractivity contribution in [2.45, 2.75) is 19.8 Å². The molecular weight excluding hydrogens is 104 g/mol. The molecule has 0 aromatic carbocycles. The molecule has 0 saturated heterocycles. The van der Waals surface area contributed by atoms with Gasteiger partial charge >= 0.3 is 0 Å². The Labute approximate surface area is 49.8 Å². The number of hydrogen-bond acceptors (Lipinski definition) is 2. The SMILES string of the molecule is [CH2]OCCC(=O)CC. The van der Waals surface area contributed by atoms with E-state index >= 15 is 0 Å². The van der Waals surface area contributed by atoms with Gasteiger partial charge in [0, 0.05) is 12.8 Å². The largest absolute Gasteiger partial charge is 0.379 e. The molecule has 0 bridgehead atoms. The smallest absolute Gasteiger partial charge is 0.134 e. The lowest BCUT2D eigenvalue weighted by Crippen LogP contribution is -1.98. The number of Topliss-reactive ketones (excluding diaryl/α,β-unsaturated/α-hetero) is 1. The Hall–Kier alpha value is -0.370. The molecule has 0 N–H and O–H groups in total. The van der Waals surface area contributed by atoms with Gasteiger partial charge in [0.2, 0.25) is 0 Å². The van der Waals surface area contributed by atoms with Crippen molar-refractivity contribution in [2.24, 2.45) is 0 Å². The summed E-state index contributed by atoms with van der Waals surface area (Å²) in [6, 6.07) is 0. The van der Waals surface area contributed by atoms with Crippen molar-refractivity contribution in [3.63, 3.8) is 0 Å². The number of rotatable bonds is 4. The zero-order valence-electron chi connectivity index (χ0n) is 5.14. The molecule has 0 unspecified atom stereocenters. The highest BCUT2D eigenvalue weighted by Gasteiger charge is 1.94. The fourth-order valence-electron chi connectivity index (χ4n) is 0.363. The van der Waals surface area contributed by atoms with Gasteiger partial charge in [0.1, 0.15) is 5.78 Å². The molecule has 8 heavy (non-hydrogen) atoms. The first-order valence-electron chi connectivity index (χ1n) is 2.70. The number of ether oxygens (including phenoxy) is 1. The summed E-state index contributed by atoms with van der Waals surface area (Å²) < 4.78 is 4.44. The lowest BCUT2D eigenvalue weighted by atomic mass is 10.2. The monoisotopic (exact) mass is 115 g/mol. The van der Waals surface area contributed by atoms with E-state index in [0.29, 0.717) is 19.4 Å². The van der Waals surface area contributed by atoms with Crippen LogP contribution in [0.3, 0.4) is 0 Å². The summed E-state index contributed by atoms with van der Waals surface area (Å²) in [7, 11) is 3.14. The van der Waals surface area contributed by atoms with Crippen molar-refractivity contribution in [1.82, 2.24) is 0 Å². The molecule has 47 valence electrons. The minimum Gasteiger partial charge on any atom is -0.379 e. The maximum absolute atomic E-state index is 10.5. The van der Waals surface area contributed by atoms with Crippen molar-refractivity contribution in [1.29, 1.82) is 0 Å². The zero-order chi connectivity index (χ0) is 6.41. The van der Waals surface area contributed by atoms with Gasteiger partial charge in [-0.15, -0.1) is 0 Å². The number of carbonyl (C=O) groups excluding carboxylic acids is 1. The van der Waals surface area contributed by atoms with Gasteiger partial charge in [-0.05, 0) is 0 Å². The van der Waals surface area contributed by atoms with E-state index in [9.17, 15) is 4.79 Å². The minimum atomic E-state index is 0.230. The van der Waals surface area contributed by atoms with Crippen molar-refractivity contribution >= 4 is 5.78 Å².